The van der Waals surface area contributed by atoms with Gasteiger partial charge >= 0.3 is 5.97 Å². The van der Waals surface area contributed by atoms with Crippen LogP contribution < -0.4 is 0 Å². The molecule has 1 aromatic carbocycles. The number of esters is 1. The second-order valence-corrected chi connectivity index (χ2v) is 5.36. The lowest BCUT2D eigenvalue weighted by Crippen LogP contribution is -2.44. The van der Waals surface area contributed by atoms with E-state index in [-0.39, 0.29) is 12.1 Å². The highest BCUT2D eigenvalue weighted by Gasteiger charge is 2.26. The Morgan fingerprint density at radius 1 is 1.55 bits per heavy atom. The molecule has 1 aliphatic rings. The molecule has 2 atom stereocenters. The third-order valence-corrected chi connectivity index (χ3v) is 3.86. The molecule has 0 amide bonds. The number of ether oxygens (including phenoxy) is 2. The predicted molar refractivity (Wildman–Crippen MR) is 77.5 cm³/mol. The van der Waals surface area contributed by atoms with E-state index >= 15 is 0 Å². The van der Waals surface area contributed by atoms with Gasteiger partial charge in [0.05, 0.1) is 26.2 Å². The summed E-state index contributed by atoms with van der Waals surface area (Å²) in [5.74, 6) is -0.208. The van der Waals surface area contributed by atoms with Gasteiger partial charge in [0.1, 0.15) is 0 Å². The molecule has 0 N–H and O–H groups in total. The molecule has 1 fully saturated rings. The van der Waals surface area contributed by atoms with Crippen LogP contribution in [0.5, 0.6) is 0 Å². The van der Waals surface area contributed by atoms with E-state index in [0.717, 1.165) is 13.1 Å². The molecule has 1 saturated heterocycles. The van der Waals surface area contributed by atoms with Gasteiger partial charge in [-0.05, 0) is 19.4 Å². The summed E-state index contributed by atoms with van der Waals surface area (Å²) in [7, 11) is 1.41. The molecule has 2 rings (SSSR count). The average Bonchev–Trinajstić information content (AvgIpc) is 2.46. The first-order chi connectivity index (χ1) is 9.60. The molecule has 4 nitrogen and oxygen atoms in total. The summed E-state index contributed by atoms with van der Waals surface area (Å²) in [5.41, 5.74) is 2.58. The van der Waals surface area contributed by atoms with Crippen molar-refractivity contribution in [2.75, 3.05) is 26.8 Å². The van der Waals surface area contributed by atoms with Gasteiger partial charge in [-0.2, -0.15) is 0 Å². The maximum atomic E-state index is 11.4. The van der Waals surface area contributed by atoms with Crippen molar-refractivity contribution in [2.45, 2.75) is 32.4 Å². The number of methoxy groups -OCH3 is 1. The second kappa shape index (κ2) is 6.86. The Labute approximate surface area is 120 Å². The summed E-state index contributed by atoms with van der Waals surface area (Å²) >= 11 is 0. The quantitative estimate of drug-likeness (QED) is 0.792. The minimum absolute atomic E-state index is 0.0662. The van der Waals surface area contributed by atoms with Gasteiger partial charge in [-0.25, -0.2) is 0 Å². The number of rotatable bonds is 4. The summed E-state index contributed by atoms with van der Waals surface area (Å²) in [6.07, 6.45) is 0.261. The van der Waals surface area contributed by atoms with Crippen LogP contribution >= 0.6 is 0 Å². The van der Waals surface area contributed by atoms with Gasteiger partial charge in [0.25, 0.3) is 0 Å². The summed E-state index contributed by atoms with van der Waals surface area (Å²) in [4.78, 5) is 13.7. The topological polar surface area (TPSA) is 38.8 Å². The number of hydrogen-bond donors (Lipinski definition) is 0. The van der Waals surface area contributed by atoms with Gasteiger partial charge in [-0.15, -0.1) is 0 Å². The molecule has 0 saturated carbocycles. The normalized spacial score (nSPS) is 21.4. The Kier molecular flexibility index (Phi) is 5.15. The molecule has 0 spiro atoms. The zero-order chi connectivity index (χ0) is 14.5. The third kappa shape index (κ3) is 3.81. The molecule has 0 radical (unpaired) electrons. The molecule has 0 aromatic heterocycles. The Bertz CT molecular complexity index is 461. The largest absolute Gasteiger partial charge is 0.469 e. The Morgan fingerprint density at radius 3 is 3.05 bits per heavy atom. The number of nitrogens with zero attached hydrogens (tertiary/aromatic N) is 1. The Morgan fingerprint density at radius 2 is 2.35 bits per heavy atom. The lowest BCUT2D eigenvalue weighted by molar-refractivity contribution is -0.146. The monoisotopic (exact) mass is 277 g/mol. The predicted octanol–water partition coefficient (Wildman–Crippen LogP) is 2.32. The highest BCUT2D eigenvalue weighted by molar-refractivity contribution is 5.69. The van der Waals surface area contributed by atoms with Crippen molar-refractivity contribution in [1.82, 2.24) is 4.90 Å². The molecule has 0 bridgehead atoms. The van der Waals surface area contributed by atoms with E-state index in [9.17, 15) is 4.79 Å². The zero-order valence-corrected chi connectivity index (χ0v) is 12.5. The van der Waals surface area contributed by atoms with Gasteiger partial charge in [0, 0.05) is 19.1 Å². The van der Waals surface area contributed by atoms with Crippen molar-refractivity contribution < 1.29 is 14.3 Å². The first-order valence-electron chi connectivity index (χ1n) is 7.09. The molecule has 0 aliphatic carbocycles. The maximum Gasteiger partial charge on any atom is 0.308 e. The number of morpholine rings is 1. The zero-order valence-electron chi connectivity index (χ0n) is 12.5. The fourth-order valence-electron chi connectivity index (χ4n) is 2.63. The van der Waals surface area contributed by atoms with Crippen LogP contribution in [-0.2, 0) is 14.3 Å². The van der Waals surface area contributed by atoms with Crippen LogP contribution in [0.15, 0.2) is 24.3 Å². The fraction of sp³-hybridized carbons (Fsp3) is 0.562. The Hall–Kier alpha value is -1.39. The van der Waals surface area contributed by atoms with Gasteiger partial charge in [-0.3, -0.25) is 9.69 Å². The van der Waals surface area contributed by atoms with Crippen molar-refractivity contribution in [2.24, 2.45) is 0 Å². The number of carbonyl (C=O) groups excluding carboxylic acids is 1. The molecule has 20 heavy (non-hydrogen) atoms. The second-order valence-electron chi connectivity index (χ2n) is 5.36. The first kappa shape index (κ1) is 15.0. The average molecular weight is 277 g/mol. The minimum atomic E-state index is -0.208. The standard InChI is InChI=1S/C16H23NO3/c1-12-5-4-6-14(9-12)13(2)17-7-8-20-15(11-17)10-16(18)19-3/h4-6,9,13,15H,7-8,10-11H2,1-3H3/t13-,15+/m1/s1. The molecule has 0 unspecified atom stereocenters. The highest BCUT2D eigenvalue weighted by atomic mass is 16.5. The van der Waals surface area contributed by atoms with Crippen molar-refractivity contribution >= 4 is 5.97 Å². The molecule has 1 aliphatic heterocycles. The smallest absolute Gasteiger partial charge is 0.308 e. The lowest BCUT2D eigenvalue weighted by Gasteiger charge is -2.36. The van der Waals surface area contributed by atoms with Gasteiger partial charge in [0.2, 0.25) is 0 Å². The minimum Gasteiger partial charge on any atom is -0.469 e. The maximum absolute atomic E-state index is 11.4. The number of hydrogen-bond acceptors (Lipinski definition) is 4. The van der Waals surface area contributed by atoms with Crippen LogP contribution in [0.1, 0.15) is 30.5 Å². The fourth-order valence-corrected chi connectivity index (χ4v) is 2.63. The lowest BCUT2D eigenvalue weighted by atomic mass is 10.0. The number of aryl methyl sites for hydroxylation is 1. The molecule has 110 valence electrons. The van der Waals surface area contributed by atoms with E-state index in [0.29, 0.717) is 19.1 Å². The summed E-state index contributed by atoms with van der Waals surface area (Å²) < 4.78 is 10.4. The van der Waals surface area contributed by atoms with E-state index in [1.807, 2.05) is 0 Å². The molecule has 1 aromatic rings. The van der Waals surface area contributed by atoms with E-state index < -0.39 is 0 Å². The molecular weight excluding hydrogens is 254 g/mol. The summed E-state index contributed by atoms with van der Waals surface area (Å²) in [6.45, 7) is 6.64. The van der Waals surface area contributed by atoms with Gasteiger partial charge < -0.3 is 9.47 Å². The number of benzene rings is 1. The van der Waals surface area contributed by atoms with Crippen LogP contribution in [-0.4, -0.2) is 43.8 Å². The highest BCUT2D eigenvalue weighted by Crippen LogP contribution is 2.24. The SMILES string of the molecule is COC(=O)C[C@H]1CN([C@H](C)c2cccc(C)c2)CCO1. The van der Waals surface area contributed by atoms with Gasteiger partial charge in [-0.1, -0.05) is 29.8 Å². The molecular formula is C16H23NO3. The van der Waals surface area contributed by atoms with E-state index in [2.05, 4.69) is 43.0 Å². The van der Waals surface area contributed by atoms with E-state index in [1.54, 1.807) is 0 Å². The molecule has 1 heterocycles. The van der Waals surface area contributed by atoms with Crippen LogP contribution in [0, 0.1) is 6.92 Å². The Balaban J connectivity index is 1.99. The van der Waals surface area contributed by atoms with Crippen LogP contribution in [0.3, 0.4) is 0 Å². The van der Waals surface area contributed by atoms with Crippen molar-refractivity contribution in [3.8, 4) is 0 Å². The van der Waals surface area contributed by atoms with Crippen LogP contribution in [0.2, 0.25) is 0 Å². The molecule has 4 heteroatoms. The van der Waals surface area contributed by atoms with Crippen molar-refractivity contribution in [1.29, 1.82) is 0 Å². The third-order valence-electron chi connectivity index (χ3n) is 3.86. The van der Waals surface area contributed by atoms with Gasteiger partial charge in [0.15, 0.2) is 0 Å². The van der Waals surface area contributed by atoms with E-state index in [4.69, 9.17) is 9.47 Å². The van der Waals surface area contributed by atoms with Crippen molar-refractivity contribution in [3.05, 3.63) is 35.4 Å². The van der Waals surface area contributed by atoms with E-state index in [1.165, 1.54) is 18.2 Å². The summed E-state index contributed by atoms with van der Waals surface area (Å²) in [6, 6.07) is 8.90. The first-order valence-corrected chi connectivity index (χ1v) is 7.09. The van der Waals surface area contributed by atoms with Crippen LogP contribution in [0.4, 0.5) is 0 Å². The van der Waals surface area contributed by atoms with Crippen molar-refractivity contribution in [3.63, 3.8) is 0 Å². The number of carbonyl (C=O) groups is 1. The van der Waals surface area contributed by atoms with Crippen LogP contribution in [0.25, 0.3) is 0 Å². The summed E-state index contributed by atoms with van der Waals surface area (Å²) in [5, 5.41) is 0.